The van der Waals surface area contributed by atoms with E-state index in [-0.39, 0.29) is 17.9 Å². The number of esters is 1. The second kappa shape index (κ2) is 4.17. The highest BCUT2D eigenvalue weighted by atomic mass is 19.1. The van der Waals surface area contributed by atoms with Crippen molar-refractivity contribution in [2.45, 2.75) is 20.8 Å². The quantitative estimate of drug-likeness (QED) is 0.681. The van der Waals surface area contributed by atoms with Crippen LogP contribution in [0.15, 0.2) is 6.07 Å². The Balaban J connectivity index is 3.13. The zero-order valence-corrected chi connectivity index (χ0v) is 8.43. The smallest absolute Gasteiger partial charge is 0.341 e. The second-order valence-electron chi connectivity index (χ2n) is 2.93. The average Bonchev–Trinajstić information content (AvgIpc) is 2.11. The van der Waals surface area contributed by atoms with Crippen molar-refractivity contribution in [3.05, 3.63) is 28.8 Å². The van der Waals surface area contributed by atoms with E-state index >= 15 is 0 Å². The van der Waals surface area contributed by atoms with Crippen molar-refractivity contribution in [2.24, 2.45) is 0 Å². The van der Waals surface area contributed by atoms with Gasteiger partial charge in [-0.1, -0.05) is 0 Å². The molecule has 0 N–H and O–H groups in total. The van der Waals surface area contributed by atoms with Crippen molar-refractivity contribution < 1.29 is 13.9 Å². The number of ether oxygens (including phenoxy) is 1. The Hall–Kier alpha value is -1.45. The fourth-order valence-electron chi connectivity index (χ4n) is 1.17. The molecule has 76 valence electrons. The van der Waals surface area contributed by atoms with Gasteiger partial charge in [0.2, 0.25) is 0 Å². The van der Waals surface area contributed by atoms with Crippen LogP contribution in [-0.2, 0) is 4.74 Å². The lowest BCUT2D eigenvalue weighted by molar-refractivity contribution is 0.0520. The van der Waals surface area contributed by atoms with Crippen LogP contribution in [0.2, 0.25) is 0 Å². The van der Waals surface area contributed by atoms with Crippen molar-refractivity contribution >= 4 is 5.97 Å². The minimum atomic E-state index is -0.640. The van der Waals surface area contributed by atoms with E-state index in [2.05, 4.69) is 4.98 Å². The molecule has 3 nitrogen and oxygen atoms in total. The van der Waals surface area contributed by atoms with Crippen LogP contribution in [0, 0.1) is 19.7 Å². The molecule has 0 aliphatic heterocycles. The van der Waals surface area contributed by atoms with E-state index in [0.29, 0.717) is 5.69 Å². The first kappa shape index (κ1) is 10.6. The third-order valence-electron chi connectivity index (χ3n) is 1.75. The molecule has 0 saturated carbocycles. The number of aryl methyl sites for hydroxylation is 2. The molecule has 0 aromatic carbocycles. The van der Waals surface area contributed by atoms with Crippen molar-refractivity contribution in [1.29, 1.82) is 0 Å². The maximum Gasteiger partial charge on any atom is 0.341 e. The molecule has 4 heteroatoms. The first-order valence-electron chi connectivity index (χ1n) is 4.37. The van der Waals surface area contributed by atoms with E-state index in [0.717, 1.165) is 0 Å². The number of carbonyl (C=O) groups is 1. The number of carbonyl (C=O) groups excluding carboxylic acids is 1. The molecule has 14 heavy (non-hydrogen) atoms. The van der Waals surface area contributed by atoms with Gasteiger partial charge >= 0.3 is 5.97 Å². The van der Waals surface area contributed by atoms with Crippen LogP contribution in [-0.4, -0.2) is 17.6 Å². The Morgan fingerprint density at radius 1 is 1.57 bits per heavy atom. The lowest BCUT2D eigenvalue weighted by atomic mass is 10.2. The largest absolute Gasteiger partial charge is 0.462 e. The molecule has 1 aromatic rings. The van der Waals surface area contributed by atoms with Gasteiger partial charge in [0.1, 0.15) is 0 Å². The fourth-order valence-corrected chi connectivity index (χ4v) is 1.17. The Morgan fingerprint density at radius 2 is 2.21 bits per heavy atom. The maximum absolute atomic E-state index is 13.4. The van der Waals surface area contributed by atoms with Crippen LogP contribution >= 0.6 is 0 Å². The van der Waals surface area contributed by atoms with Gasteiger partial charge in [0.05, 0.1) is 17.9 Å². The van der Waals surface area contributed by atoms with Gasteiger partial charge in [-0.25, -0.2) is 9.18 Å². The molecule has 0 bridgehead atoms. The summed E-state index contributed by atoms with van der Waals surface area (Å²) in [6, 6.07) is 1.39. The van der Waals surface area contributed by atoms with E-state index < -0.39 is 11.8 Å². The SMILES string of the molecule is CCOC(=O)c1cc(C)nc(C)c1F. The predicted molar refractivity (Wildman–Crippen MR) is 49.6 cm³/mol. The summed E-state index contributed by atoms with van der Waals surface area (Å²) < 4.78 is 18.1. The molecule has 0 saturated heterocycles. The summed E-state index contributed by atoms with van der Waals surface area (Å²) in [7, 11) is 0. The zero-order valence-electron chi connectivity index (χ0n) is 8.43. The Bertz CT molecular complexity index is 363. The van der Waals surface area contributed by atoms with E-state index in [9.17, 15) is 9.18 Å². The van der Waals surface area contributed by atoms with E-state index in [1.54, 1.807) is 13.8 Å². The summed E-state index contributed by atoms with van der Waals surface area (Å²) in [6.45, 7) is 5.13. The zero-order chi connectivity index (χ0) is 10.7. The van der Waals surface area contributed by atoms with Crippen molar-refractivity contribution in [1.82, 2.24) is 4.98 Å². The highest BCUT2D eigenvalue weighted by Crippen LogP contribution is 2.13. The molecule has 1 heterocycles. The molecule has 1 aromatic heterocycles. The van der Waals surface area contributed by atoms with Crippen LogP contribution in [0.4, 0.5) is 4.39 Å². The number of aromatic nitrogens is 1. The average molecular weight is 197 g/mol. The monoisotopic (exact) mass is 197 g/mol. The minimum Gasteiger partial charge on any atom is -0.462 e. The van der Waals surface area contributed by atoms with E-state index in [1.165, 1.54) is 13.0 Å². The molecule has 0 amide bonds. The van der Waals surface area contributed by atoms with Crippen molar-refractivity contribution in [3.63, 3.8) is 0 Å². The van der Waals surface area contributed by atoms with Crippen molar-refractivity contribution in [3.8, 4) is 0 Å². The standard InChI is InChI=1S/C10H12FNO2/c1-4-14-10(13)8-5-6(2)12-7(3)9(8)11/h5H,4H2,1-3H3. The Kier molecular flexibility index (Phi) is 3.17. The summed E-state index contributed by atoms with van der Waals surface area (Å²) in [4.78, 5) is 15.2. The molecule has 0 radical (unpaired) electrons. The molecule has 0 atom stereocenters. The van der Waals surface area contributed by atoms with Crippen molar-refractivity contribution in [2.75, 3.05) is 6.61 Å². The number of hydrogen-bond donors (Lipinski definition) is 0. The maximum atomic E-state index is 13.4. The van der Waals surface area contributed by atoms with Gasteiger partial charge in [-0.3, -0.25) is 4.98 Å². The minimum absolute atomic E-state index is 0.0446. The molecule has 0 spiro atoms. The lowest BCUT2D eigenvalue weighted by Crippen LogP contribution is -2.09. The molecule has 0 aliphatic carbocycles. The Labute approximate surface area is 81.9 Å². The second-order valence-corrected chi connectivity index (χ2v) is 2.93. The lowest BCUT2D eigenvalue weighted by Gasteiger charge is -2.05. The molecule has 0 unspecified atom stereocenters. The van der Waals surface area contributed by atoms with E-state index in [1.807, 2.05) is 0 Å². The van der Waals surface area contributed by atoms with Crippen LogP contribution in [0.5, 0.6) is 0 Å². The molecule has 0 aliphatic rings. The van der Waals surface area contributed by atoms with Crippen LogP contribution < -0.4 is 0 Å². The molecular formula is C10H12FNO2. The molecular weight excluding hydrogens is 185 g/mol. The number of halogens is 1. The van der Waals surface area contributed by atoms with Gasteiger partial charge in [0.15, 0.2) is 5.82 Å². The summed E-state index contributed by atoms with van der Waals surface area (Å²) in [5.74, 6) is -1.24. The number of pyridine rings is 1. The normalized spacial score (nSPS) is 10.0. The highest BCUT2D eigenvalue weighted by molar-refractivity contribution is 5.89. The van der Waals surface area contributed by atoms with Gasteiger partial charge in [0, 0.05) is 5.69 Å². The number of rotatable bonds is 2. The van der Waals surface area contributed by atoms with Gasteiger partial charge in [-0.15, -0.1) is 0 Å². The summed E-state index contributed by atoms with van der Waals surface area (Å²) in [5.41, 5.74) is 0.775. The summed E-state index contributed by atoms with van der Waals surface area (Å²) >= 11 is 0. The topological polar surface area (TPSA) is 39.2 Å². The van der Waals surface area contributed by atoms with Crippen LogP contribution in [0.25, 0.3) is 0 Å². The van der Waals surface area contributed by atoms with Crippen LogP contribution in [0.1, 0.15) is 28.7 Å². The first-order chi connectivity index (χ1) is 6.56. The third-order valence-corrected chi connectivity index (χ3v) is 1.75. The highest BCUT2D eigenvalue weighted by Gasteiger charge is 2.15. The summed E-state index contributed by atoms with van der Waals surface area (Å²) in [5, 5.41) is 0. The number of hydrogen-bond acceptors (Lipinski definition) is 3. The van der Waals surface area contributed by atoms with Gasteiger partial charge in [0.25, 0.3) is 0 Å². The van der Waals surface area contributed by atoms with Gasteiger partial charge in [-0.05, 0) is 26.8 Å². The number of nitrogens with zero attached hydrogens (tertiary/aromatic N) is 1. The first-order valence-corrected chi connectivity index (χ1v) is 4.37. The van der Waals surface area contributed by atoms with E-state index in [4.69, 9.17) is 4.74 Å². The molecule has 1 rings (SSSR count). The third kappa shape index (κ3) is 2.07. The van der Waals surface area contributed by atoms with Gasteiger partial charge in [-0.2, -0.15) is 0 Å². The molecule has 0 fully saturated rings. The van der Waals surface area contributed by atoms with Gasteiger partial charge < -0.3 is 4.74 Å². The summed E-state index contributed by atoms with van der Waals surface area (Å²) in [6.07, 6.45) is 0. The predicted octanol–water partition coefficient (Wildman–Crippen LogP) is 2.01. The fraction of sp³-hybridized carbons (Fsp3) is 0.400. The van der Waals surface area contributed by atoms with Crippen LogP contribution in [0.3, 0.4) is 0 Å². The Morgan fingerprint density at radius 3 is 2.79 bits per heavy atom.